The molecule has 0 aliphatic rings. The molecule has 3 rings (SSSR count). The number of fused-ring (bicyclic) bond motifs is 1. The first-order valence-corrected chi connectivity index (χ1v) is 8.45. The van der Waals surface area contributed by atoms with Crippen LogP contribution in [0.5, 0.6) is 5.75 Å². The lowest BCUT2D eigenvalue weighted by Crippen LogP contribution is -2.24. The predicted molar refractivity (Wildman–Crippen MR) is 99.0 cm³/mol. The topological polar surface area (TPSA) is 51.5 Å². The van der Waals surface area contributed by atoms with E-state index in [2.05, 4.69) is 11.9 Å². The second kappa shape index (κ2) is 8.34. The van der Waals surface area contributed by atoms with E-state index < -0.39 is 0 Å². The monoisotopic (exact) mass is 353 g/mol. The molecule has 1 heterocycles. The first-order valence-electron chi connectivity index (χ1n) is 8.45. The maximum atomic E-state index is 13.6. The molecule has 134 valence electrons. The van der Waals surface area contributed by atoms with Crippen LogP contribution in [0.4, 0.5) is 4.39 Å². The van der Waals surface area contributed by atoms with Gasteiger partial charge in [0.15, 0.2) is 0 Å². The molecule has 26 heavy (non-hydrogen) atoms. The van der Waals surface area contributed by atoms with Crippen LogP contribution >= 0.6 is 0 Å². The van der Waals surface area contributed by atoms with E-state index in [-0.39, 0.29) is 11.7 Å². The van der Waals surface area contributed by atoms with Gasteiger partial charge in [0.25, 0.3) is 5.91 Å². The first kappa shape index (κ1) is 17.7. The van der Waals surface area contributed by atoms with E-state index in [4.69, 9.17) is 9.15 Å². The van der Waals surface area contributed by atoms with Gasteiger partial charge in [-0.2, -0.15) is 0 Å². The molecule has 3 aromatic rings. The van der Waals surface area contributed by atoms with Crippen molar-refractivity contribution in [2.45, 2.75) is 12.8 Å². The van der Waals surface area contributed by atoms with E-state index in [1.807, 2.05) is 0 Å². The number of ether oxygens (including phenoxy) is 1. The SMILES string of the molecule is C=CCOc1cc(C(=O)NCCCc2ccccc2F)cc2occc12. The number of amides is 1. The van der Waals surface area contributed by atoms with Gasteiger partial charge in [0.05, 0.1) is 11.6 Å². The Morgan fingerprint density at radius 2 is 2.12 bits per heavy atom. The summed E-state index contributed by atoms with van der Waals surface area (Å²) in [5.74, 6) is 0.138. The van der Waals surface area contributed by atoms with Crippen molar-refractivity contribution >= 4 is 16.9 Å². The van der Waals surface area contributed by atoms with Crippen molar-refractivity contribution in [1.29, 1.82) is 0 Å². The zero-order valence-electron chi connectivity index (χ0n) is 14.3. The molecule has 4 nitrogen and oxygen atoms in total. The Labute approximate surface area is 151 Å². The average molecular weight is 353 g/mol. The summed E-state index contributed by atoms with van der Waals surface area (Å²) in [4.78, 5) is 12.4. The molecule has 0 radical (unpaired) electrons. The van der Waals surface area contributed by atoms with Gasteiger partial charge in [0.1, 0.15) is 23.8 Å². The maximum Gasteiger partial charge on any atom is 0.251 e. The number of carbonyl (C=O) groups excluding carboxylic acids is 1. The van der Waals surface area contributed by atoms with Crippen molar-refractivity contribution in [2.24, 2.45) is 0 Å². The molecule has 1 N–H and O–H groups in total. The Bertz CT molecular complexity index is 917. The fourth-order valence-electron chi connectivity index (χ4n) is 2.72. The lowest BCUT2D eigenvalue weighted by atomic mass is 10.1. The lowest BCUT2D eigenvalue weighted by molar-refractivity contribution is 0.0953. The Hall–Kier alpha value is -3.08. The largest absolute Gasteiger partial charge is 0.489 e. The van der Waals surface area contributed by atoms with Gasteiger partial charge in [-0.25, -0.2) is 4.39 Å². The fourth-order valence-corrected chi connectivity index (χ4v) is 2.72. The second-order valence-electron chi connectivity index (χ2n) is 5.86. The zero-order chi connectivity index (χ0) is 18.4. The summed E-state index contributed by atoms with van der Waals surface area (Å²) in [5, 5.41) is 3.66. The van der Waals surface area contributed by atoms with Crippen molar-refractivity contribution in [1.82, 2.24) is 5.32 Å². The number of rotatable bonds is 8. The summed E-state index contributed by atoms with van der Waals surface area (Å²) in [7, 11) is 0. The number of halogens is 1. The van der Waals surface area contributed by atoms with E-state index in [1.54, 1.807) is 48.7 Å². The van der Waals surface area contributed by atoms with Gasteiger partial charge in [-0.1, -0.05) is 30.9 Å². The van der Waals surface area contributed by atoms with Crippen molar-refractivity contribution < 1.29 is 18.3 Å². The van der Waals surface area contributed by atoms with Crippen LogP contribution < -0.4 is 10.1 Å². The molecule has 0 bridgehead atoms. The number of aryl methyl sites for hydroxylation is 1. The van der Waals surface area contributed by atoms with Crippen LogP contribution in [-0.2, 0) is 6.42 Å². The third-order valence-corrected chi connectivity index (χ3v) is 4.02. The smallest absolute Gasteiger partial charge is 0.251 e. The van der Waals surface area contributed by atoms with Crippen LogP contribution in [0.15, 0.2) is 65.8 Å². The summed E-state index contributed by atoms with van der Waals surface area (Å²) in [6, 6.07) is 11.8. The van der Waals surface area contributed by atoms with Crippen LogP contribution in [0.2, 0.25) is 0 Å². The van der Waals surface area contributed by atoms with Crippen LogP contribution in [0.3, 0.4) is 0 Å². The first-order chi connectivity index (χ1) is 12.7. The van der Waals surface area contributed by atoms with E-state index >= 15 is 0 Å². The van der Waals surface area contributed by atoms with Gasteiger partial charge in [-0.05, 0) is 42.7 Å². The molecular formula is C21H20FNO3. The van der Waals surface area contributed by atoms with Crippen LogP contribution in [0.1, 0.15) is 22.3 Å². The highest BCUT2D eigenvalue weighted by Gasteiger charge is 2.13. The summed E-state index contributed by atoms with van der Waals surface area (Å²) in [6.07, 6.45) is 4.41. The molecule has 0 unspecified atom stereocenters. The quantitative estimate of drug-likeness (QED) is 0.479. The van der Waals surface area contributed by atoms with Crippen LogP contribution in [0, 0.1) is 5.82 Å². The summed E-state index contributed by atoms with van der Waals surface area (Å²) in [6.45, 7) is 4.42. The normalized spacial score (nSPS) is 10.7. The Morgan fingerprint density at radius 1 is 1.27 bits per heavy atom. The fraction of sp³-hybridized carbons (Fsp3) is 0.190. The third kappa shape index (κ3) is 4.11. The van der Waals surface area contributed by atoms with Crippen molar-refractivity contribution in [2.75, 3.05) is 13.2 Å². The number of hydrogen-bond acceptors (Lipinski definition) is 3. The second-order valence-corrected chi connectivity index (χ2v) is 5.86. The molecule has 0 spiro atoms. The zero-order valence-corrected chi connectivity index (χ0v) is 14.3. The molecule has 0 saturated carbocycles. The van der Waals surface area contributed by atoms with E-state index in [0.717, 1.165) is 5.39 Å². The average Bonchev–Trinajstić information content (AvgIpc) is 3.13. The molecule has 0 aliphatic heterocycles. The van der Waals surface area contributed by atoms with E-state index in [9.17, 15) is 9.18 Å². The molecule has 1 aromatic heterocycles. The number of hydrogen-bond donors (Lipinski definition) is 1. The van der Waals surface area contributed by atoms with Crippen molar-refractivity contribution in [3.05, 3.63) is 78.3 Å². The predicted octanol–water partition coefficient (Wildman–Crippen LogP) is 4.50. The third-order valence-electron chi connectivity index (χ3n) is 4.02. The standard InChI is InChI=1S/C21H20FNO3/c1-2-11-25-19-13-16(14-20-17(19)9-12-26-20)21(24)23-10-5-7-15-6-3-4-8-18(15)22/h2-4,6,8-9,12-14H,1,5,7,10-11H2,(H,23,24). The van der Waals surface area contributed by atoms with Gasteiger partial charge in [0.2, 0.25) is 0 Å². The minimum atomic E-state index is -0.222. The Morgan fingerprint density at radius 3 is 2.92 bits per heavy atom. The van der Waals surface area contributed by atoms with Crippen molar-refractivity contribution in [3.63, 3.8) is 0 Å². The van der Waals surface area contributed by atoms with Crippen molar-refractivity contribution in [3.8, 4) is 5.75 Å². The molecule has 2 aromatic carbocycles. The van der Waals surface area contributed by atoms with Crippen LogP contribution in [-0.4, -0.2) is 19.1 Å². The maximum absolute atomic E-state index is 13.6. The molecule has 0 saturated heterocycles. The van der Waals surface area contributed by atoms with Gasteiger partial charge in [-0.15, -0.1) is 0 Å². The minimum absolute atomic E-state index is 0.217. The van der Waals surface area contributed by atoms with E-state index in [1.165, 1.54) is 6.07 Å². The van der Waals surface area contributed by atoms with Gasteiger partial charge < -0.3 is 14.5 Å². The van der Waals surface area contributed by atoms with E-state index in [0.29, 0.717) is 48.5 Å². The molecule has 5 heteroatoms. The molecule has 1 amide bonds. The highest BCUT2D eigenvalue weighted by molar-refractivity contribution is 5.99. The summed E-state index contributed by atoms with van der Waals surface area (Å²) >= 11 is 0. The number of benzene rings is 2. The Kier molecular flexibility index (Phi) is 5.69. The number of nitrogens with one attached hydrogen (secondary N) is 1. The Balaban J connectivity index is 1.62. The molecule has 0 aliphatic carbocycles. The van der Waals surface area contributed by atoms with Gasteiger partial charge in [-0.3, -0.25) is 4.79 Å². The van der Waals surface area contributed by atoms with Gasteiger partial charge in [0, 0.05) is 12.1 Å². The summed E-state index contributed by atoms with van der Waals surface area (Å²) < 4.78 is 24.6. The molecule has 0 atom stereocenters. The highest BCUT2D eigenvalue weighted by atomic mass is 19.1. The minimum Gasteiger partial charge on any atom is -0.489 e. The number of furan rings is 1. The molecule has 0 fully saturated rings. The van der Waals surface area contributed by atoms with Gasteiger partial charge >= 0.3 is 0 Å². The highest BCUT2D eigenvalue weighted by Crippen LogP contribution is 2.28. The molecular weight excluding hydrogens is 333 g/mol. The number of carbonyl (C=O) groups is 1. The summed E-state index contributed by atoms with van der Waals surface area (Å²) in [5.41, 5.74) is 1.69. The van der Waals surface area contributed by atoms with Crippen LogP contribution in [0.25, 0.3) is 11.0 Å². The lowest BCUT2D eigenvalue weighted by Gasteiger charge is -2.09.